The lowest BCUT2D eigenvalue weighted by Gasteiger charge is -2.09. The smallest absolute Gasteiger partial charge is 0.269 e. The second-order valence-electron chi connectivity index (χ2n) is 5.96. The second-order valence-corrected chi connectivity index (χ2v) is 5.96. The lowest BCUT2D eigenvalue weighted by atomic mass is 10.00. The van der Waals surface area contributed by atoms with E-state index in [0.717, 1.165) is 16.7 Å². The SMILES string of the molecule is COc1ccc2c(c1)C(c1ccc([N+](=O)[O-])cc1)=NNC(c1ccncc1)=N2. The molecule has 0 saturated carbocycles. The molecule has 1 aliphatic heterocycles. The number of nitrogens with one attached hydrogen (secondary N) is 1. The summed E-state index contributed by atoms with van der Waals surface area (Å²) in [6.45, 7) is 0. The van der Waals surface area contributed by atoms with Crippen molar-refractivity contribution in [2.45, 2.75) is 0 Å². The van der Waals surface area contributed by atoms with E-state index in [0.29, 0.717) is 23.0 Å². The van der Waals surface area contributed by atoms with Crippen LogP contribution in [0.5, 0.6) is 5.75 Å². The Kier molecular flexibility index (Phi) is 4.51. The number of nitrogens with zero attached hydrogens (tertiary/aromatic N) is 4. The molecule has 0 radical (unpaired) electrons. The maximum atomic E-state index is 10.9. The molecule has 1 N–H and O–H groups in total. The van der Waals surface area contributed by atoms with Crippen molar-refractivity contribution in [3.63, 3.8) is 0 Å². The number of hydrogen-bond acceptors (Lipinski definition) is 7. The number of rotatable bonds is 4. The Morgan fingerprint density at radius 2 is 1.75 bits per heavy atom. The number of benzene rings is 2. The van der Waals surface area contributed by atoms with Crippen LogP contribution in [-0.4, -0.2) is 28.6 Å². The van der Waals surface area contributed by atoms with Crippen LogP contribution in [0, 0.1) is 10.1 Å². The number of aliphatic imine (C=N–C) groups is 1. The monoisotopic (exact) mass is 373 g/mol. The van der Waals surface area contributed by atoms with Crippen LogP contribution >= 0.6 is 0 Å². The van der Waals surface area contributed by atoms with Gasteiger partial charge < -0.3 is 4.74 Å². The third kappa shape index (κ3) is 3.30. The summed E-state index contributed by atoms with van der Waals surface area (Å²) in [5.74, 6) is 1.24. The van der Waals surface area contributed by atoms with E-state index in [1.54, 1.807) is 31.6 Å². The van der Waals surface area contributed by atoms with Crippen molar-refractivity contribution in [2.75, 3.05) is 7.11 Å². The standard InChI is InChI=1S/C20H15N5O3/c1-28-16-6-7-18-17(12-16)19(13-2-4-15(5-3-13)25(26)27)23-24-20(22-18)14-8-10-21-11-9-14/h2-12H,1H3,(H,22,24). The first-order chi connectivity index (χ1) is 13.7. The van der Waals surface area contributed by atoms with E-state index in [-0.39, 0.29) is 5.69 Å². The van der Waals surface area contributed by atoms with Gasteiger partial charge in [0, 0.05) is 41.2 Å². The van der Waals surface area contributed by atoms with Gasteiger partial charge in [-0.2, -0.15) is 5.10 Å². The van der Waals surface area contributed by atoms with Crippen molar-refractivity contribution in [2.24, 2.45) is 10.1 Å². The molecule has 0 fully saturated rings. The molecule has 0 spiro atoms. The van der Waals surface area contributed by atoms with E-state index >= 15 is 0 Å². The summed E-state index contributed by atoms with van der Waals surface area (Å²) in [4.78, 5) is 19.2. The first kappa shape index (κ1) is 17.3. The number of hydrogen-bond donors (Lipinski definition) is 1. The summed E-state index contributed by atoms with van der Waals surface area (Å²) in [5, 5.41) is 15.5. The Hall–Kier alpha value is -4.07. The third-order valence-electron chi connectivity index (χ3n) is 4.27. The minimum atomic E-state index is -0.432. The van der Waals surface area contributed by atoms with Gasteiger partial charge in [-0.1, -0.05) is 0 Å². The average molecular weight is 373 g/mol. The van der Waals surface area contributed by atoms with Crippen LogP contribution in [0.3, 0.4) is 0 Å². The fourth-order valence-electron chi connectivity index (χ4n) is 2.84. The zero-order chi connectivity index (χ0) is 19.5. The van der Waals surface area contributed by atoms with Gasteiger partial charge in [-0.05, 0) is 42.5 Å². The van der Waals surface area contributed by atoms with E-state index in [9.17, 15) is 10.1 Å². The lowest BCUT2D eigenvalue weighted by Crippen LogP contribution is -2.19. The van der Waals surface area contributed by atoms with Gasteiger partial charge >= 0.3 is 0 Å². The molecular formula is C20H15N5O3. The molecule has 138 valence electrons. The number of non-ortho nitro benzene ring substituents is 1. The van der Waals surface area contributed by atoms with Crippen molar-refractivity contribution in [3.8, 4) is 5.75 Å². The lowest BCUT2D eigenvalue weighted by molar-refractivity contribution is -0.384. The Morgan fingerprint density at radius 3 is 2.43 bits per heavy atom. The van der Waals surface area contributed by atoms with Crippen LogP contribution in [0.2, 0.25) is 0 Å². The van der Waals surface area contributed by atoms with Crippen LogP contribution in [-0.2, 0) is 0 Å². The van der Waals surface area contributed by atoms with Gasteiger partial charge in [-0.3, -0.25) is 20.5 Å². The average Bonchev–Trinajstić information content (AvgIpc) is 2.93. The number of methoxy groups -OCH3 is 1. The topological polar surface area (TPSA) is 102 Å². The Labute approximate surface area is 160 Å². The highest BCUT2D eigenvalue weighted by atomic mass is 16.6. The maximum Gasteiger partial charge on any atom is 0.269 e. The Balaban J connectivity index is 1.84. The van der Waals surface area contributed by atoms with Crippen LogP contribution in [0.15, 0.2) is 77.1 Å². The molecular weight excluding hydrogens is 358 g/mol. The molecule has 8 nitrogen and oxygen atoms in total. The zero-order valence-electron chi connectivity index (χ0n) is 14.9. The molecule has 1 aliphatic rings. The van der Waals surface area contributed by atoms with Crippen LogP contribution in [0.4, 0.5) is 11.4 Å². The summed E-state index contributed by atoms with van der Waals surface area (Å²) >= 11 is 0. The van der Waals surface area contributed by atoms with E-state index in [1.807, 2.05) is 30.3 Å². The molecule has 0 aliphatic carbocycles. The van der Waals surface area contributed by atoms with E-state index in [4.69, 9.17) is 9.73 Å². The highest BCUT2D eigenvalue weighted by molar-refractivity contribution is 6.18. The molecule has 3 aromatic rings. The van der Waals surface area contributed by atoms with Gasteiger partial charge in [-0.15, -0.1) is 0 Å². The molecule has 8 heteroatoms. The zero-order valence-corrected chi connectivity index (χ0v) is 14.9. The van der Waals surface area contributed by atoms with Gasteiger partial charge in [0.15, 0.2) is 5.84 Å². The van der Waals surface area contributed by atoms with Crippen molar-refractivity contribution >= 4 is 22.9 Å². The summed E-state index contributed by atoms with van der Waals surface area (Å²) in [5.41, 5.74) is 6.65. The number of hydrazone groups is 1. The van der Waals surface area contributed by atoms with Crippen LogP contribution in [0.25, 0.3) is 0 Å². The van der Waals surface area contributed by atoms with E-state index < -0.39 is 4.92 Å². The molecule has 1 aromatic heterocycles. The number of ether oxygens (including phenoxy) is 1. The molecule has 0 saturated heterocycles. The third-order valence-corrected chi connectivity index (χ3v) is 4.27. The van der Waals surface area contributed by atoms with Gasteiger partial charge in [-0.25, -0.2) is 4.99 Å². The number of pyridine rings is 1. The molecule has 0 bridgehead atoms. The fourth-order valence-corrected chi connectivity index (χ4v) is 2.84. The molecule has 0 atom stereocenters. The number of fused-ring (bicyclic) bond motifs is 1. The van der Waals surface area contributed by atoms with Gasteiger partial charge in [0.05, 0.1) is 17.7 Å². The molecule has 0 amide bonds. The molecule has 4 rings (SSSR count). The van der Waals surface area contributed by atoms with Crippen LogP contribution < -0.4 is 10.2 Å². The van der Waals surface area contributed by atoms with Crippen LogP contribution in [0.1, 0.15) is 16.7 Å². The Morgan fingerprint density at radius 1 is 1.00 bits per heavy atom. The van der Waals surface area contributed by atoms with Gasteiger partial charge in [0.1, 0.15) is 11.5 Å². The van der Waals surface area contributed by atoms with Crippen molar-refractivity contribution in [1.29, 1.82) is 0 Å². The number of aromatic nitrogens is 1. The number of nitro groups is 1. The summed E-state index contributed by atoms with van der Waals surface area (Å²) in [6.07, 6.45) is 3.36. The largest absolute Gasteiger partial charge is 0.497 e. The fraction of sp³-hybridized carbons (Fsp3) is 0.0500. The van der Waals surface area contributed by atoms with Gasteiger partial charge in [0.25, 0.3) is 5.69 Å². The van der Waals surface area contributed by atoms with E-state index in [2.05, 4.69) is 15.5 Å². The quantitative estimate of drug-likeness (QED) is 0.557. The minimum Gasteiger partial charge on any atom is -0.497 e. The molecule has 2 aromatic carbocycles. The first-order valence-corrected chi connectivity index (χ1v) is 8.42. The molecule has 0 unspecified atom stereocenters. The first-order valence-electron chi connectivity index (χ1n) is 8.42. The Bertz CT molecular complexity index is 1090. The highest BCUT2D eigenvalue weighted by Crippen LogP contribution is 2.30. The molecule has 28 heavy (non-hydrogen) atoms. The summed E-state index contributed by atoms with van der Waals surface area (Å²) < 4.78 is 5.35. The van der Waals surface area contributed by atoms with Crippen molar-refractivity contribution < 1.29 is 9.66 Å². The number of amidine groups is 1. The molecule has 2 heterocycles. The summed E-state index contributed by atoms with van der Waals surface area (Å²) in [7, 11) is 1.59. The predicted octanol–water partition coefficient (Wildman–Crippen LogP) is 3.43. The number of nitro benzene ring substituents is 1. The van der Waals surface area contributed by atoms with Crippen molar-refractivity contribution in [1.82, 2.24) is 10.4 Å². The second kappa shape index (κ2) is 7.28. The maximum absolute atomic E-state index is 10.9. The summed E-state index contributed by atoms with van der Waals surface area (Å²) in [6, 6.07) is 15.4. The van der Waals surface area contributed by atoms with Gasteiger partial charge in [0.2, 0.25) is 0 Å². The van der Waals surface area contributed by atoms with Crippen molar-refractivity contribution in [3.05, 3.63) is 93.8 Å². The minimum absolute atomic E-state index is 0.0190. The highest BCUT2D eigenvalue weighted by Gasteiger charge is 2.19. The van der Waals surface area contributed by atoms with E-state index in [1.165, 1.54) is 12.1 Å². The predicted molar refractivity (Wildman–Crippen MR) is 105 cm³/mol. The normalized spacial score (nSPS) is 12.8.